The van der Waals surface area contributed by atoms with E-state index in [1.807, 2.05) is 6.08 Å². The van der Waals surface area contributed by atoms with E-state index in [4.69, 9.17) is 5.41 Å². The summed E-state index contributed by atoms with van der Waals surface area (Å²) < 4.78 is 0. The summed E-state index contributed by atoms with van der Waals surface area (Å²) in [6.07, 6.45) is 9.41. The third-order valence-electron chi connectivity index (χ3n) is 8.28. The van der Waals surface area contributed by atoms with Gasteiger partial charge in [-0.25, -0.2) is 0 Å². The maximum Gasteiger partial charge on any atom is 0.156 e. The smallest absolute Gasteiger partial charge is 0.156 e. The number of nitrogens with one attached hydrogen (secondary N) is 1. The van der Waals surface area contributed by atoms with Crippen LogP contribution in [0.4, 0.5) is 0 Å². The molecule has 0 heterocycles. The van der Waals surface area contributed by atoms with E-state index in [-0.39, 0.29) is 17.3 Å². The van der Waals surface area contributed by atoms with Crippen molar-refractivity contribution >= 4 is 12.0 Å². The van der Waals surface area contributed by atoms with Gasteiger partial charge in [0, 0.05) is 17.9 Å². The second kappa shape index (κ2) is 7.36. The Morgan fingerprint density at radius 1 is 1.13 bits per heavy atom. The fourth-order valence-electron chi connectivity index (χ4n) is 6.85. The summed E-state index contributed by atoms with van der Waals surface area (Å²) in [7, 11) is 0. The normalized spacial score (nSPS) is 34.9. The Labute approximate surface area is 178 Å². The van der Waals surface area contributed by atoms with Crippen LogP contribution in [0.1, 0.15) is 68.9 Å². The number of carbonyl (C=O) groups excluding carboxylic acids is 1. The molecule has 2 saturated carbocycles. The maximum atomic E-state index is 12.1. The van der Waals surface area contributed by atoms with Crippen LogP contribution in [-0.2, 0) is 4.79 Å². The molecule has 1 aromatic carbocycles. The molecule has 5 unspecified atom stereocenters. The SMILES string of the molecule is CC12CC(c3ccc(C#CC=N)cc3)C3=C4CCC(=O)C=C4CCC3C1CCC2O. The van der Waals surface area contributed by atoms with Crippen molar-refractivity contribution in [2.75, 3.05) is 0 Å². The number of hydrogen-bond acceptors (Lipinski definition) is 3. The largest absolute Gasteiger partial charge is 0.393 e. The molecule has 0 spiro atoms. The maximum absolute atomic E-state index is 12.1. The lowest BCUT2D eigenvalue weighted by molar-refractivity contribution is -0.114. The molecule has 5 rings (SSSR count). The van der Waals surface area contributed by atoms with E-state index in [0.717, 1.165) is 50.3 Å². The number of aliphatic hydroxyl groups is 1. The molecule has 0 radical (unpaired) electrons. The van der Waals surface area contributed by atoms with Crippen LogP contribution < -0.4 is 0 Å². The quantitative estimate of drug-likeness (QED) is 0.519. The molecule has 4 aliphatic rings. The number of hydrogen-bond donors (Lipinski definition) is 2. The van der Waals surface area contributed by atoms with Crippen molar-refractivity contribution in [2.24, 2.45) is 17.3 Å². The van der Waals surface area contributed by atoms with Gasteiger partial charge in [0.1, 0.15) is 0 Å². The van der Waals surface area contributed by atoms with Gasteiger partial charge in [0.2, 0.25) is 0 Å². The summed E-state index contributed by atoms with van der Waals surface area (Å²) in [5.41, 5.74) is 6.47. The van der Waals surface area contributed by atoms with Gasteiger partial charge >= 0.3 is 0 Å². The van der Waals surface area contributed by atoms with Crippen LogP contribution in [-0.4, -0.2) is 23.2 Å². The molecule has 0 aliphatic heterocycles. The number of ketones is 1. The number of carbonyl (C=O) groups is 1. The Kier molecular flexibility index (Phi) is 4.79. The third kappa shape index (κ3) is 3.01. The molecular weight excluding hydrogens is 370 g/mol. The number of allylic oxidation sites excluding steroid dienone is 4. The van der Waals surface area contributed by atoms with Crippen molar-refractivity contribution in [3.05, 3.63) is 58.2 Å². The molecule has 2 fully saturated rings. The lowest BCUT2D eigenvalue weighted by atomic mass is 9.53. The molecule has 0 aromatic heterocycles. The van der Waals surface area contributed by atoms with Crippen molar-refractivity contribution in [3.63, 3.8) is 0 Å². The number of benzene rings is 1. The van der Waals surface area contributed by atoms with Gasteiger partial charge in [-0.3, -0.25) is 10.2 Å². The second-order valence-corrected chi connectivity index (χ2v) is 9.71. The summed E-state index contributed by atoms with van der Waals surface area (Å²) in [4.78, 5) is 12.1. The number of aliphatic hydroxyl groups excluding tert-OH is 1. The van der Waals surface area contributed by atoms with Gasteiger partial charge in [0.15, 0.2) is 5.78 Å². The predicted octanol–water partition coefficient (Wildman–Crippen LogP) is 4.95. The van der Waals surface area contributed by atoms with Crippen LogP contribution in [0.5, 0.6) is 0 Å². The van der Waals surface area contributed by atoms with Crippen LogP contribution in [0.25, 0.3) is 0 Å². The molecule has 5 atom stereocenters. The van der Waals surface area contributed by atoms with E-state index in [1.165, 1.54) is 16.7 Å². The third-order valence-corrected chi connectivity index (χ3v) is 8.28. The average Bonchev–Trinajstić information content (AvgIpc) is 3.06. The van der Waals surface area contributed by atoms with Gasteiger partial charge < -0.3 is 5.11 Å². The van der Waals surface area contributed by atoms with E-state index in [2.05, 4.69) is 43.0 Å². The van der Waals surface area contributed by atoms with E-state index in [0.29, 0.717) is 24.2 Å². The first-order chi connectivity index (χ1) is 14.5. The predicted molar refractivity (Wildman–Crippen MR) is 118 cm³/mol. The summed E-state index contributed by atoms with van der Waals surface area (Å²) in [5.74, 6) is 7.32. The Morgan fingerprint density at radius 3 is 2.70 bits per heavy atom. The minimum Gasteiger partial charge on any atom is -0.393 e. The lowest BCUT2D eigenvalue weighted by Crippen LogP contribution is -2.45. The topological polar surface area (TPSA) is 61.2 Å². The standard InChI is InChI=1S/C27H29NO2/c1-27-16-23(18-6-4-17(5-7-18)3-2-14-28)26-21-11-9-20(29)15-19(21)8-10-22(26)24(27)12-13-25(27)30/h4-7,14-15,22-25,28,30H,8-13,16H2,1H3. The van der Waals surface area contributed by atoms with E-state index in [9.17, 15) is 9.90 Å². The first-order valence-electron chi connectivity index (χ1n) is 11.3. The summed E-state index contributed by atoms with van der Waals surface area (Å²) in [5, 5.41) is 18.0. The van der Waals surface area contributed by atoms with Crippen LogP contribution in [0, 0.1) is 34.5 Å². The molecule has 0 bridgehead atoms. The van der Waals surface area contributed by atoms with Crippen molar-refractivity contribution in [2.45, 2.75) is 63.9 Å². The van der Waals surface area contributed by atoms with Crippen LogP contribution in [0.15, 0.2) is 47.1 Å². The summed E-state index contributed by atoms with van der Waals surface area (Å²) in [6.45, 7) is 2.31. The molecule has 154 valence electrons. The van der Waals surface area contributed by atoms with Crippen molar-refractivity contribution < 1.29 is 9.90 Å². The van der Waals surface area contributed by atoms with Crippen molar-refractivity contribution in [3.8, 4) is 11.8 Å². The molecule has 1 aromatic rings. The van der Waals surface area contributed by atoms with Gasteiger partial charge in [0.25, 0.3) is 0 Å². The van der Waals surface area contributed by atoms with Gasteiger partial charge in [-0.15, -0.1) is 0 Å². The van der Waals surface area contributed by atoms with E-state index >= 15 is 0 Å². The second-order valence-electron chi connectivity index (χ2n) is 9.71. The minimum absolute atomic E-state index is 0.0379. The van der Waals surface area contributed by atoms with Crippen LogP contribution >= 0.6 is 0 Å². The van der Waals surface area contributed by atoms with Gasteiger partial charge in [0.05, 0.1) is 12.3 Å². The van der Waals surface area contributed by atoms with Gasteiger partial charge in [-0.1, -0.05) is 36.5 Å². The Morgan fingerprint density at radius 2 is 1.93 bits per heavy atom. The van der Waals surface area contributed by atoms with Crippen LogP contribution in [0.2, 0.25) is 0 Å². The molecule has 3 heteroatoms. The Hall–Kier alpha value is -2.44. The van der Waals surface area contributed by atoms with E-state index < -0.39 is 0 Å². The molecule has 0 amide bonds. The monoisotopic (exact) mass is 399 g/mol. The fourth-order valence-corrected chi connectivity index (χ4v) is 6.85. The zero-order valence-corrected chi connectivity index (χ0v) is 17.6. The molecule has 3 nitrogen and oxygen atoms in total. The van der Waals surface area contributed by atoms with Gasteiger partial charge in [-0.05, 0) is 90.7 Å². The molecule has 4 aliphatic carbocycles. The molecule has 30 heavy (non-hydrogen) atoms. The van der Waals surface area contributed by atoms with Crippen molar-refractivity contribution in [1.29, 1.82) is 5.41 Å². The number of rotatable bonds is 1. The highest BCUT2D eigenvalue weighted by Gasteiger charge is 2.56. The zero-order valence-electron chi connectivity index (χ0n) is 17.6. The summed E-state index contributed by atoms with van der Waals surface area (Å²) >= 11 is 0. The Balaban J connectivity index is 1.62. The van der Waals surface area contributed by atoms with Crippen LogP contribution in [0.3, 0.4) is 0 Å². The van der Waals surface area contributed by atoms with E-state index in [1.54, 1.807) is 5.57 Å². The fraction of sp³-hybridized carbons (Fsp3) is 0.481. The van der Waals surface area contributed by atoms with Gasteiger partial charge in [-0.2, -0.15) is 0 Å². The highest BCUT2D eigenvalue weighted by Crippen LogP contribution is 2.63. The molecular formula is C27H29NO2. The lowest BCUT2D eigenvalue weighted by Gasteiger charge is -2.52. The molecule has 2 N–H and O–H groups in total. The number of fused-ring (bicyclic) bond motifs is 4. The average molecular weight is 400 g/mol. The summed E-state index contributed by atoms with van der Waals surface area (Å²) in [6, 6.07) is 8.46. The Bertz CT molecular complexity index is 1020. The highest BCUT2D eigenvalue weighted by atomic mass is 16.3. The van der Waals surface area contributed by atoms with Crippen molar-refractivity contribution in [1.82, 2.24) is 0 Å². The minimum atomic E-state index is -0.223. The first kappa shape index (κ1) is 19.5. The zero-order chi connectivity index (χ0) is 20.9. The molecule has 0 saturated heterocycles. The first-order valence-corrected chi connectivity index (χ1v) is 11.3. The highest BCUT2D eigenvalue weighted by molar-refractivity contribution is 5.93.